The van der Waals surface area contributed by atoms with Gasteiger partial charge in [0.1, 0.15) is 18.1 Å². The Labute approximate surface area is 203 Å². The van der Waals surface area contributed by atoms with Crippen molar-refractivity contribution >= 4 is 35.2 Å². The maximum absolute atomic E-state index is 12.6. The molecule has 0 aliphatic carbocycles. The molecular weight excluding hydrogens is 450 g/mol. The number of hydrazine groups is 1. The summed E-state index contributed by atoms with van der Waals surface area (Å²) in [6, 6.07) is 23.8. The lowest BCUT2D eigenvalue weighted by atomic mass is 10.2. The van der Waals surface area contributed by atoms with Crippen molar-refractivity contribution in [2.75, 3.05) is 6.61 Å². The molecule has 0 aliphatic heterocycles. The average molecular weight is 476 g/mol. The number of rotatable bonds is 8. The SMILES string of the molecule is CCOc1ccc(/C=C/C(=O)NC(=S)NNC(=O)c2ccccc2OCc2ccccc2)cc1. The Bertz CT molecular complexity index is 1150. The minimum atomic E-state index is -0.454. The molecule has 0 saturated heterocycles. The second kappa shape index (κ2) is 12.8. The van der Waals surface area contributed by atoms with Gasteiger partial charge in [-0.1, -0.05) is 54.6 Å². The van der Waals surface area contributed by atoms with Gasteiger partial charge in [-0.3, -0.25) is 25.8 Å². The molecule has 3 aromatic carbocycles. The van der Waals surface area contributed by atoms with E-state index in [-0.39, 0.29) is 5.11 Å². The number of carbonyl (C=O) groups is 2. The molecule has 34 heavy (non-hydrogen) atoms. The van der Waals surface area contributed by atoms with Gasteiger partial charge in [0.25, 0.3) is 5.91 Å². The fraction of sp³-hybridized carbons (Fsp3) is 0.115. The van der Waals surface area contributed by atoms with Crippen molar-refractivity contribution < 1.29 is 19.1 Å². The Hall–Kier alpha value is -4.17. The van der Waals surface area contributed by atoms with E-state index in [1.807, 2.05) is 61.5 Å². The van der Waals surface area contributed by atoms with Gasteiger partial charge in [-0.25, -0.2) is 0 Å². The molecule has 0 aromatic heterocycles. The van der Waals surface area contributed by atoms with E-state index in [0.717, 1.165) is 16.9 Å². The zero-order valence-corrected chi connectivity index (χ0v) is 19.4. The summed E-state index contributed by atoms with van der Waals surface area (Å²) in [5.74, 6) is 0.300. The minimum Gasteiger partial charge on any atom is -0.494 e. The second-order valence-electron chi connectivity index (χ2n) is 7.00. The monoisotopic (exact) mass is 475 g/mol. The zero-order valence-electron chi connectivity index (χ0n) is 18.6. The molecule has 8 heteroatoms. The number of benzene rings is 3. The van der Waals surface area contributed by atoms with Crippen LogP contribution in [-0.2, 0) is 11.4 Å². The average Bonchev–Trinajstić information content (AvgIpc) is 2.86. The largest absolute Gasteiger partial charge is 0.494 e. The van der Waals surface area contributed by atoms with Crippen molar-refractivity contribution in [3.8, 4) is 11.5 Å². The van der Waals surface area contributed by atoms with E-state index in [2.05, 4.69) is 16.2 Å². The molecule has 174 valence electrons. The normalized spacial score (nSPS) is 10.4. The first-order valence-corrected chi connectivity index (χ1v) is 11.0. The Balaban J connectivity index is 1.48. The van der Waals surface area contributed by atoms with Gasteiger partial charge < -0.3 is 9.47 Å². The van der Waals surface area contributed by atoms with Gasteiger partial charge >= 0.3 is 0 Å². The van der Waals surface area contributed by atoms with E-state index < -0.39 is 11.8 Å². The number of ether oxygens (including phenoxy) is 2. The summed E-state index contributed by atoms with van der Waals surface area (Å²) in [6.45, 7) is 2.83. The van der Waals surface area contributed by atoms with Gasteiger partial charge in [-0.05, 0) is 60.6 Å². The van der Waals surface area contributed by atoms with Crippen LogP contribution in [0.3, 0.4) is 0 Å². The summed E-state index contributed by atoms with van der Waals surface area (Å²) in [5, 5.41) is 2.43. The highest BCUT2D eigenvalue weighted by molar-refractivity contribution is 7.80. The van der Waals surface area contributed by atoms with Crippen LogP contribution in [0.5, 0.6) is 11.5 Å². The molecule has 3 aromatic rings. The summed E-state index contributed by atoms with van der Waals surface area (Å²) in [7, 11) is 0. The van der Waals surface area contributed by atoms with Crippen molar-refractivity contribution in [3.63, 3.8) is 0 Å². The van der Waals surface area contributed by atoms with Gasteiger partial charge in [-0.2, -0.15) is 0 Å². The minimum absolute atomic E-state index is 0.0441. The number of thiocarbonyl (C=S) groups is 1. The highest BCUT2D eigenvalue weighted by Gasteiger charge is 2.13. The van der Waals surface area contributed by atoms with Crippen molar-refractivity contribution in [2.24, 2.45) is 0 Å². The summed E-state index contributed by atoms with van der Waals surface area (Å²) in [4.78, 5) is 24.7. The third-order valence-electron chi connectivity index (χ3n) is 4.51. The predicted octanol–water partition coefficient (Wildman–Crippen LogP) is 4.01. The molecule has 7 nitrogen and oxygen atoms in total. The molecule has 0 heterocycles. The van der Waals surface area contributed by atoms with E-state index in [0.29, 0.717) is 24.5 Å². The number of hydrogen-bond donors (Lipinski definition) is 3. The standard InChI is InChI=1S/C26H25N3O4S/c1-2-32-21-15-12-19(13-16-21)14-17-24(30)27-26(34)29-28-25(31)22-10-6-7-11-23(22)33-18-20-8-4-3-5-9-20/h3-17H,2,18H2,1H3,(H,28,31)(H2,27,29,30,34)/b17-14+. The molecule has 0 atom stereocenters. The molecule has 2 amide bonds. The van der Waals surface area contributed by atoms with Crippen LogP contribution in [0.25, 0.3) is 6.08 Å². The van der Waals surface area contributed by atoms with Gasteiger partial charge in [0.05, 0.1) is 12.2 Å². The Morgan fingerprint density at radius 3 is 2.32 bits per heavy atom. The topological polar surface area (TPSA) is 88.7 Å². The number of para-hydroxylation sites is 1. The van der Waals surface area contributed by atoms with E-state index in [1.54, 1.807) is 30.3 Å². The Morgan fingerprint density at radius 2 is 1.59 bits per heavy atom. The number of carbonyl (C=O) groups excluding carboxylic acids is 2. The summed E-state index contributed by atoms with van der Waals surface area (Å²) in [6.07, 6.45) is 2.99. The van der Waals surface area contributed by atoms with Gasteiger partial charge in [0, 0.05) is 6.08 Å². The summed E-state index contributed by atoms with van der Waals surface area (Å²) in [5.41, 5.74) is 7.14. The predicted molar refractivity (Wildman–Crippen MR) is 135 cm³/mol. The Morgan fingerprint density at radius 1 is 0.882 bits per heavy atom. The highest BCUT2D eigenvalue weighted by Crippen LogP contribution is 2.19. The van der Waals surface area contributed by atoms with Crippen LogP contribution in [0.2, 0.25) is 0 Å². The van der Waals surface area contributed by atoms with E-state index >= 15 is 0 Å². The Kier molecular flexibility index (Phi) is 9.19. The highest BCUT2D eigenvalue weighted by atomic mass is 32.1. The van der Waals surface area contributed by atoms with Crippen LogP contribution in [0.15, 0.2) is 84.9 Å². The number of nitrogens with one attached hydrogen (secondary N) is 3. The number of amides is 2. The molecule has 3 rings (SSSR count). The lowest BCUT2D eigenvalue weighted by Gasteiger charge is -2.13. The first kappa shape index (κ1) is 24.5. The van der Waals surface area contributed by atoms with Crippen LogP contribution in [-0.4, -0.2) is 23.5 Å². The first-order chi connectivity index (χ1) is 16.5. The molecule has 0 bridgehead atoms. The van der Waals surface area contributed by atoms with Crippen LogP contribution in [0, 0.1) is 0 Å². The smallest absolute Gasteiger partial charge is 0.273 e. The van der Waals surface area contributed by atoms with Crippen LogP contribution in [0.4, 0.5) is 0 Å². The van der Waals surface area contributed by atoms with Crippen molar-refractivity contribution in [1.82, 2.24) is 16.2 Å². The van der Waals surface area contributed by atoms with Crippen LogP contribution in [0.1, 0.15) is 28.4 Å². The third-order valence-corrected chi connectivity index (χ3v) is 4.72. The fourth-order valence-corrected chi connectivity index (χ4v) is 3.05. The van der Waals surface area contributed by atoms with E-state index in [4.69, 9.17) is 21.7 Å². The molecule has 0 saturated carbocycles. The zero-order chi connectivity index (χ0) is 24.2. The van der Waals surface area contributed by atoms with E-state index in [9.17, 15) is 9.59 Å². The lowest BCUT2D eigenvalue weighted by molar-refractivity contribution is -0.115. The van der Waals surface area contributed by atoms with Gasteiger partial charge in [0.15, 0.2) is 5.11 Å². The summed E-state index contributed by atoms with van der Waals surface area (Å²) >= 11 is 5.08. The molecule has 3 N–H and O–H groups in total. The van der Waals surface area contributed by atoms with Crippen molar-refractivity contribution in [1.29, 1.82) is 0 Å². The third kappa shape index (κ3) is 7.75. The van der Waals surface area contributed by atoms with Crippen LogP contribution < -0.4 is 25.6 Å². The molecule has 0 radical (unpaired) electrons. The van der Waals surface area contributed by atoms with E-state index in [1.165, 1.54) is 6.08 Å². The quantitative estimate of drug-likeness (QED) is 0.259. The van der Waals surface area contributed by atoms with Gasteiger partial charge in [0.2, 0.25) is 5.91 Å². The van der Waals surface area contributed by atoms with Crippen molar-refractivity contribution in [3.05, 3.63) is 102 Å². The molecule has 0 unspecified atom stereocenters. The maximum Gasteiger partial charge on any atom is 0.273 e. The lowest BCUT2D eigenvalue weighted by Crippen LogP contribution is -2.48. The molecule has 0 aliphatic rings. The fourth-order valence-electron chi connectivity index (χ4n) is 2.89. The maximum atomic E-state index is 12.6. The number of hydrogen-bond acceptors (Lipinski definition) is 5. The van der Waals surface area contributed by atoms with Crippen LogP contribution >= 0.6 is 12.2 Å². The van der Waals surface area contributed by atoms with Crippen molar-refractivity contribution in [2.45, 2.75) is 13.5 Å². The summed E-state index contributed by atoms with van der Waals surface area (Å²) < 4.78 is 11.2. The first-order valence-electron chi connectivity index (χ1n) is 10.6. The second-order valence-corrected chi connectivity index (χ2v) is 7.41. The molecule has 0 spiro atoms. The van der Waals surface area contributed by atoms with Gasteiger partial charge in [-0.15, -0.1) is 0 Å². The molecular formula is C26H25N3O4S. The molecule has 0 fully saturated rings.